The zero-order chi connectivity index (χ0) is 24.0. The summed E-state index contributed by atoms with van der Waals surface area (Å²) in [7, 11) is 0. The van der Waals surface area contributed by atoms with E-state index in [1.165, 1.54) is 11.8 Å². The van der Waals surface area contributed by atoms with Gasteiger partial charge in [-0.2, -0.15) is 0 Å². The van der Waals surface area contributed by atoms with Crippen molar-refractivity contribution in [3.63, 3.8) is 0 Å². The molecule has 1 aliphatic heterocycles. The molecule has 4 rings (SSSR count). The van der Waals surface area contributed by atoms with E-state index in [-0.39, 0.29) is 28.4 Å². The molecule has 4 nitrogen and oxygen atoms in total. The second-order valence-corrected chi connectivity index (χ2v) is 11.2. The zero-order valence-corrected chi connectivity index (χ0v) is 21.1. The maximum atomic E-state index is 13.4. The van der Waals surface area contributed by atoms with Crippen molar-refractivity contribution in [1.29, 1.82) is 0 Å². The van der Waals surface area contributed by atoms with Gasteiger partial charge in [-0.05, 0) is 52.6 Å². The fourth-order valence-electron chi connectivity index (χ4n) is 4.68. The smallest absolute Gasteiger partial charge is 0.349 e. The van der Waals surface area contributed by atoms with E-state index in [4.69, 9.17) is 4.74 Å². The Kier molecular flexibility index (Phi) is 6.12. The van der Waals surface area contributed by atoms with Gasteiger partial charge in [0.2, 0.25) is 0 Å². The molecule has 2 heterocycles. The highest BCUT2D eigenvalue weighted by atomic mass is 32.2. The molecule has 1 aromatic heterocycles. The molecule has 0 unspecified atom stereocenters. The van der Waals surface area contributed by atoms with Gasteiger partial charge in [-0.15, -0.1) is 0 Å². The van der Waals surface area contributed by atoms with Gasteiger partial charge >= 0.3 is 5.97 Å². The fraction of sp³-hybridized carbons (Fsp3) is 0.393. The number of thioether (sulfide) groups is 1. The Morgan fingerprint density at radius 1 is 1.18 bits per heavy atom. The maximum Gasteiger partial charge on any atom is 0.349 e. The van der Waals surface area contributed by atoms with E-state index in [9.17, 15) is 9.90 Å². The van der Waals surface area contributed by atoms with Crippen LogP contribution in [0.25, 0.3) is 10.9 Å². The number of hydrogen-bond acceptors (Lipinski definition) is 4. The van der Waals surface area contributed by atoms with Crippen LogP contribution in [0, 0.1) is 5.92 Å². The number of carbonyl (C=O) groups is 1. The lowest BCUT2D eigenvalue weighted by Gasteiger charge is -2.41. The van der Waals surface area contributed by atoms with Crippen LogP contribution in [0.4, 0.5) is 0 Å². The summed E-state index contributed by atoms with van der Waals surface area (Å²) in [6.07, 6.45) is 3.02. The third kappa shape index (κ3) is 4.19. The number of rotatable bonds is 5. The molecule has 3 aromatic rings. The minimum Gasteiger partial charge on any atom is -0.511 e. The van der Waals surface area contributed by atoms with Gasteiger partial charge in [0.25, 0.3) is 0 Å². The first-order valence-electron chi connectivity index (χ1n) is 11.6. The Morgan fingerprint density at radius 3 is 2.55 bits per heavy atom. The molecule has 0 bridgehead atoms. The molecule has 0 amide bonds. The highest BCUT2D eigenvalue weighted by Crippen LogP contribution is 2.48. The number of H-pyrrole nitrogens is 1. The van der Waals surface area contributed by atoms with Crippen LogP contribution in [0.3, 0.4) is 0 Å². The highest BCUT2D eigenvalue weighted by Gasteiger charge is 2.47. The number of aliphatic hydroxyl groups excluding tert-OH is 1. The molecule has 174 valence electrons. The molecule has 2 N–H and O–H groups in total. The number of aromatic amines is 1. The first-order chi connectivity index (χ1) is 15.6. The first kappa shape index (κ1) is 23.5. The predicted molar refractivity (Wildman–Crippen MR) is 136 cm³/mol. The van der Waals surface area contributed by atoms with Gasteiger partial charge in [0, 0.05) is 22.0 Å². The van der Waals surface area contributed by atoms with Gasteiger partial charge in [0.15, 0.2) is 0 Å². The summed E-state index contributed by atoms with van der Waals surface area (Å²) in [5.41, 5.74) is 3.29. The number of hydrogen-bond donors (Lipinski definition) is 2. The number of aromatic nitrogens is 1. The number of aliphatic hydroxyl groups is 1. The summed E-state index contributed by atoms with van der Waals surface area (Å²) in [6.45, 7) is 12.6. The molecule has 0 saturated heterocycles. The summed E-state index contributed by atoms with van der Waals surface area (Å²) in [5.74, 6) is -0.355. The third-order valence-electron chi connectivity index (χ3n) is 6.61. The largest absolute Gasteiger partial charge is 0.511 e. The van der Waals surface area contributed by atoms with E-state index < -0.39 is 11.6 Å². The fourth-order valence-corrected chi connectivity index (χ4v) is 5.88. The quantitative estimate of drug-likeness (QED) is 0.387. The van der Waals surface area contributed by atoms with Crippen LogP contribution in [-0.4, -0.2) is 16.1 Å². The molecule has 0 radical (unpaired) electrons. The van der Waals surface area contributed by atoms with Crippen molar-refractivity contribution in [2.45, 2.75) is 70.3 Å². The van der Waals surface area contributed by atoms with Crippen molar-refractivity contribution in [2.75, 3.05) is 0 Å². The van der Waals surface area contributed by atoms with E-state index in [1.807, 2.05) is 44.3 Å². The van der Waals surface area contributed by atoms with Crippen LogP contribution < -0.4 is 0 Å². The van der Waals surface area contributed by atoms with Crippen molar-refractivity contribution in [2.24, 2.45) is 5.92 Å². The number of cyclic esters (lactones) is 1. The Bertz CT molecular complexity index is 1230. The number of fused-ring (bicyclic) bond motifs is 1. The summed E-state index contributed by atoms with van der Waals surface area (Å²) in [6, 6.07) is 14.3. The zero-order valence-electron chi connectivity index (χ0n) is 20.3. The summed E-state index contributed by atoms with van der Waals surface area (Å²) in [5, 5.41) is 12.3. The molecule has 2 aromatic carbocycles. The monoisotopic (exact) mass is 463 g/mol. The number of benzene rings is 2. The van der Waals surface area contributed by atoms with E-state index in [0.29, 0.717) is 0 Å². The van der Waals surface area contributed by atoms with Crippen LogP contribution in [0.5, 0.6) is 0 Å². The minimum absolute atomic E-state index is 0.00388. The third-order valence-corrected chi connectivity index (χ3v) is 7.78. The molecule has 0 aliphatic carbocycles. The van der Waals surface area contributed by atoms with Crippen molar-refractivity contribution in [1.82, 2.24) is 4.98 Å². The molecule has 0 saturated carbocycles. The second-order valence-electron chi connectivity index (χ2n) is 10.2. The topological polar surface area (TPSA) is 62.3 Å². The van der Waals surface area contributed by atoms with Gasteiger partial charge < -0.3 is 14.8 Å². The Balaban J connectivity index is 1.79. The molecule has 1 aliphatic rings. The average Bonchev–Trinajstić information content (AvgIpc) is 3.22. The van der Waals surface area contributed by atoms with Gasteiger partial charge in [-0.25, -0.2) is 4.79 Å². The second kappa shape index (κ2) is 8.60. The standard InChI is InChI=1S/C28H33NO3S/c1-7-18-10-8-9-11-20(18)28(17(2)3)16-23(30)25(26(31)32-28)33-24-14-19-12-13-29-22(19)15-21(24)27(4,5)6/h8-15,17,29-30H,7,16H2,1-6H3/t28-/m0/s1. The number of aryl methyl sites for hydroxylation is 1. The first-order valence-corrected chi connectivity index (χ1v) is 12.4. The summed E-state index contributed by atoms with van der Waals surface area (Å²) >= 11 is 1.31. The number of carbonyl (C=O) groups excluding carboxylic acids is 1. The summed E-state index contributed by atoms with van der Waals surface area (Å²) < 4.78 is 6.23. The molecular weight excluding hydrogens is 430 g/mol. The molecule has 5 heteroatoms. The van der Waals surface area contributed by atoms with Crippen molar-refractivity contribution in [3.05, 3.63) is 76.0 Å². The lowest BCUT2D eigenvalue weighted by atomic mass is 9.76. The van der Waals surface area contributed by atoms with Crippen molar-refractivity contribution in [3.8, 4) is 0 Å². The van der Waals surface area contributed by atoms with E-state index in [0.717, 1.165) is 38.9 Å². The van der Waals surface area contributed by atoms with E-state index in [1.54, 1.807) is 0 Å². The number of ether oxygens (including phenoxy) is 1. The summed E-state index contributed by atoms with van der Waals surface area (Å²) in [4.78, 5) is 17.9. The van der Waals surface area contributed by atoms with Crippen molar-refractivity contribution < 1.29 is 14.6 Å². The highest BCUT2D eigenvalue weighted by molar-refractivity contribution is 8.04. The number of esters is 1. The van der Waals surface area contributed by atoms with Crippen LogP contribution >= 0.6 is 11.8 Å². The van der Waals surface area contributed by atoms with Gasteiger partial charge in [0.05, 0.1) is 6.42 Å². The molecule has 0 fully saturated rings. The molecule has 1 atom stereocenters. The average molecular weight is 464 g/mol. The van der Waals surface area contributed by atoms with Crippen LogP contribution in [0.1, 0.15) is 64.7 Å². The number of nitrogens with one attached hydrogen (secondary N) is 1. The van der Waals surface area contributed by atoms with E-state index >= 15 is 0 Å². The molecular formula is C28H33NO3S. The SMILES string of the molecule is CCc1ccccc1[C@@]1(C(C)C)CC(O)=C(Sc2cc3cc[nH]c3cc2C(C)(C)C)C(=O)O1. The Hall–Kier alpha value is -2.66. The molecule has 0 spiro atoms. The van der Waals surface area contributed by atoms with Crippen molar-refractivity contribution >= 4 is 28.6 Å². The van der Waals surface area contributed by atoms with Gasteiger partial charge in [0.1, 0.15) is 16.3 Å². The lowest BCUT2D eigenvalue weighted by molar-refractivity contribution is -0.165. The van der Waals surface area contributed by atoms with Gasteiger partial charge in [-0.3, -0.25) is 0 Å². The van der Waals surface area contributed by atoms with Gasteiger partial charge in [-0.1, -0.05) is 77.6 Å². The Labute approximate surface area is 200 Å². The van der Waals surface area contributed by atoms with E-state index in [2.05, 4.69) is 50.9 Å². The van der Waals surface area contributed by atoms with Crippen LogP contribution in [-0.2, 0) is 27.0 Å². The maximum absolute atomic E-state index is 13.4. The molecule has 33 heavy (non-hydrogen) atoms. The lowest BCUT2D eigenvalue weighted by Crippen LogP contribution is -2.42. The Morgan fingerprint density at radius 2 is 1.91 bits per heavy atom. The normalized spacial score (nSPS) is 19.4. The van der Waals surface area contributed by atoms with Crippen LogP contribution in [0.2, 0.25) is 0 Å². The predicted octanol–water partition coefficient (Wildman–Crippen LogP) is 7.39. The minimum atomic E-state index is -0.880. The van der Waals surface area contributed by atoms with Crippen LogP contribution in [0.15, 0.2) is 64.2 Å².